The van der Waals surface area contributed by atoms with Crippen molar-refractivity contribution in [2.24, 2.45) is 0 Å². The third-order valence-corrected chi connectivity index (χ3v) is 5.12. The largest absolute Gasteiger partial charge is 0.486 e. The second kappa shape index (κ2) is 7.92. The van der Waals surface area contributed by atoms with Crippen LogP contribution in [0.4, 0.5) is 15.2 Å². The lowest BCUT2D eigenvalue weighted by atomic mass is 10.3. The Bertz CT molecular complexity index is 900. The minimum atomic E-state index is -0.468. The molecule has 0 radical (unpaired) electrons. The smallest absolute Gasteiger partial charge is 0.230 e. The molecule has 2 aromatic carbocycles. The number of para-hydroxylation sites is 2. The summed E-state index contributed by atoms with van der Waals surface area (Å²) in [4.78, 5) is 17.7. The number of nitrogens with zero attached hydrogens (tertiary/aromatic N) is 2. The van der Waals surface area contributed by atoms with Crippen LogP contribution in [-0.4, -0.2) is 10.9 Å². The van der Waals surface area contributed by atoms with Crippen LogP contribution in [0.2, 0.25) is 0 Å². The van der Waals surface area contributed by atoms with Crippen molar-refractivity contribution in [3.8, 4) is 5.75 Å². The molecule has 3 aromatic rings. The number of anilines is 2. The van der Waals surface area contributed by atoms with Gasteiger partial charge in [0.1, 0.15) is 18.2 Å². The van der Waals surface area contributed by atoms with Gasteiger partial charge < -0.3 is 4.74 Å². The maximum atomic E-state index is 14.1. The highest BCUT2D eigenvalue weighted by Gasteiger charge is 2.20. The molecule has 25 heavy (non-hydrogen) atoms. The third-order valence-electron chi connectivity index (χ3n) is 3.35. The highest BCUT2D eigenvalue weighted by Crippen LogP contribution is 2.31. The van der Waals surface area contributed by atoms with Crippen LogP contribution in [-0.2, 0) is 11.4 Å². The Morgan fingerprint density at radius 3 is 2.68 bits per heavy atom. The Balaban J connectivity index is 1.80. The fourth-order valence-electron chi connectivity index (χ4n) is 2.22. The number of benzene rings is 2. The van der Waals surface area contributed by atoms with Gasteiger partial charge in [0.15, 0.2) is 5.13 Å². The second-order valence-corrected chi connectivity index (χ2v) is 7.15. The molecular weight excluding hydrogens is 454 g/mol. The number of amides is 1. The first kappa shape index (κ1) is 17.8. The van der Waals surface area contributed by atoms with Gasteiger partial charge in [-0.05, 0) is 46.9 Å². The zero-order chi connectivity index (χ0) is 17.8. The topological polar surface area (TPSA) is 42.4 Å². The molecule has 0 aliphatic heterocycles. The number of thiazole rings is 1. The van der Waals surface area contributed by atoms with Gasteiger partial charge in [0.05, 0.1) is 15.0 Å². The zero-order valence-electron chi connectivity index (χ0n) is 13.3. The number of halogens is 2. The lowest BCUT2D eigenvalue weighted by molar-refractivity contribution is -0.115. The normalized spacial score (nSPS) is 10.5. The molecule has 1 aromatic heterocycles. The van der Waals surface area contributed by atoms with E-state index in [1.54, 1.807) is 18.2 Å². The predicted octanol–water partition coefficient (Wildman–Crippen LogP) is 5.15. The lowest BCUT2D eigenvalue weighted by Crippen LogP contribution is -2.23. The number of ether oxygens (including phenoxy) is 1. The molecule has 0 unspecified atom stereocenters. The molecule has 0 N–H and O–H groups in total. The molecule has 0 bridgehead atoms. The summed E-state index contributed by atoms with van der Waals surface area (Å²) in [5.74, 6) is 0.00393. The summed E-state index contributed by atoms with van der Waals surface area (Å²) in [5, 5.41) is 2.22. The zero-order valence-corrected chi connectivity index (χ0v) is 16.3. The number of hydrogen-bond acceptors (Lipinski definition) is 4. The SMILES string of the molecule is CC(=O)N(c1nc(COc2ccccc2I)cs1)c1ccccc1F. The van der Waals surface area contributed by atoms with Gasteiger partial charge in [-0.1, -0.05) is 24.3 Å². The van der Waals surface area contributed by atoms with Crippen LogP contribution in [0.5, 0.6) is 5.75 Å². The molecule has 3 rings (SSSR count). The molecule has 0 aliphatic rings. The van der Waals surface area contributed by atoms with Gasteiger partial charge in [0.2, 0.25) is 5.91 Å². The fourth-order valence-corrected chi connectivity index (χ4v) is 3.63. The van der Waals surface area contributed by atoms with E-state index in [-0.39, 0.29) is 18.2 Å². The Labute approximate surface area is 162 Å². The summed E-state index contributed by atoms with van der Waals surface area (Å²) >= 11 is 3.48. The van der Waals surface area contributed by atoms with E-state index >= 15 is 0 Å². The van der Waals surface area contributed by atoms with E-state index in [0.29, 0.717) is 10.8 Å². The number of hydrogen-bond donors (Lipinski definition) is 0. The summed E-state index contributed by atoms with van der Waals surface area (Å²) in [6, 6.07) is 13.8. The van der Waals surface area contributed by atoms with Crippen LogP contribution in [0.3, 0.4) is 0 Å². The monoisotopic (exact) mass is 468 g/mol. The van der Waals surface area contributed by atoms with E-state index in [0.717, 1.165) is 9.32 Å². The summed E-state index contributed by atoms with van der Waals surface area (Å²) in [6.45, 7) is 1.66. The van der Waals surface area contributed by atoms with E-state index in [4.69, 9.17) is 4.74 Å². The van der Waals surface area contributed by atoms with Crippen LogP contribution in [0.25, 0.3) is 0 Å². The summed E-state index contributed by atoms with van der Waals surface area (Å²) in [7, 11) is 0. The average Bonchev–Trinajstić information content (AvgIpc) is 3.04. The summed E-state index contributed by atoms with van der Waals surface area (Å²) in [6.07, 6.45) is 0. The first-order valence-electron chi connectivity index (χ1n) is 7.43. The molecule has 0 aliphatic carbocycles. The molecule has 0 spiro atoms. The van der Waals surface area contributed by atoms with Gasteiger partial charge in [0, 0.05) is 12.3 Å². The lowest BCUT2D eigenvalue weighted by Gasteiger charge is -2.18. The highest BCUT2D eigenvalue weighted by molar-refractivity contribution is 14.1. The van der Waals surface area contributed by atoms with Crippen molar-refractivity contribution in [1.82, 2.24) is 4.98 Å². The molecule has 1 heterocycles. The van der Waals surface area contributed by atoms with E-state index in [1.165, 1.54) is 29.2 Å². The van der Waals surface area contributed by atoms with Gasteiger partial charge in [-0.2, -0.15) is 0 Å². The second-order valence-electron chi connectivity index (χ2n) is 5.15. The van der Waals surface area contributed by atoms with Gasteiger partial charge in [-0.3, -0.25) is 9.69 Å². The summed E-state index contributed by atoms with van der Waals surface area (Å²) in [5.41, 5.74) is 0.872. The Morgan fingerprint density at radius 1 is 1.24 bits per heavy atom. The molecule has 128 valence electrons. The molecule has 0 saturated carbocycles. The van der Waals surface area contributed by atoms with Crippen LogP contribution in [0.1, 0.15) is 12.6 Å². The Hall–Kier alpha value is -2.00. The van der Waals surface area contributed by atoms with Crippen molar-refractivity contribution in [2.75, 3.05) is 4.90 Å². The minimum absolute atomic E-state index is 0.189. The summed E-state index contributed by atoms with van der Waals surface area (Å²) < 4.78 is 20.8. The molecule has 4 nitrogen and oxygen atoms in total. The first-order chi connectivity index (χ1) is 12.1. The number of rotatable bonds is 5. The quantitative estimate of drug-likeness (QED) is 0.487. The molecule has 7 heteroatoms. The first-order valence-corrected chi connectivity index (χ1v) is 9.39. The Kier molecular flexibility index (Phi) is 5.64. The van der Waals surface area contributed by atoms with Crippen molar-refractivity contribution >= 4 is 50.7 Å². The fraction of sp³-hybridized carbons (Fsp3) is 0.111. The highest BCUT2D eigenvalue weighted by atomic mass is 127. The van der Waals surface area contributed by atoms with Gasteiger partial charge in [0.25, 0.3) is 0 Å². The van der Waals surface area contributed by atoms with Crippen molar-refractivity contribution in [3.63, 3.8) is 0 Å². The van der Waals surface area contributed by atoms with Crippen LogP contribution < -0.4 is 9.64 Å². The van der Waals surface area contributed by atoms with E-state index in [2.05, 4.69) is 27.6 Å². The van der Waals surface area contributed by atoms with Crippen LogP contribution >= 0.6 is 33.9 Å². The van der Waals surface area contributed by atoms with Crippen molar-refractivity contribution < 1.29 is 13.9 Å². The molecular formula is C18H14FIN2O2S. The van der Waals surface area contributed by atoms with E-state index < -0.39 is 5.82 Å². The Morgan fingerprint density at radius 2 is 1.96 bits per heavy atom. The molecule has 0 saturated heterocycles. The number of aromatic nitrogens is 1. The average molecular weight is 468 g/mol. The standard InChI is InChI=1S/C18H14FIN2O2S/c1-12(23)22(16-8-4-2-6-14(16)19)18-21-13(11-25-18)10-24-17-9-5-3-7-15(17)20/h2-9,11H,10H2,1H3. The van der Waals surface area contributed by atoms with Gasteiger partial charge >= 0.3 is 0 Å². The van der Waals surface area contributed by atoms with E-state index in [1.807, 2.05) is 29.6 Å². The molecule has 0 atom stereocenters. The van der Waals surface area contributed by atoms with Gasteiger partial charge in [-0.15, -0.1) is 11.3 Å². The third kappa shape index (κ3) is 4.16. The maximum absolute atomic E-state index is 14.1. The van der Waals surface area contributed by atoms with Crippen LogP contribution in [0.15, 0.2) is 53.9 Å². The van der Waals surface area contributed by atoms with Crippen LogP contribution in [0, 0.1) is 9.39 Å². The van der Waals surface area contributed by atoms with Crippen molar-refractivity contribution in [3.05, 3.63) is 69.0 Å². The van der Waals surface area contributed by atoms with Crippen molar-refractivity contribution in [2.45, 2.75) is 13.5 Å². The van der Waals surface area contributed by atoms with Crippen molar-refractivity contribution in [1.29, 1.82) is 0 Å². The number of carbonyl (C=O) groups is 1. The van der Waals surface area contributed by atoms with Gasteiger partial charge in [-0.25, -0.2) is 9.37 Å². The minimum Gasteiger partial charge on any atom is -0.486 e. The van der Waals surface area contributed by atoms with E-state index in [9.17, 15) is 9.18 Å². The molecule has 1 amide bonds. The number of carbonyl (C=O) groups excluding carboxylic acids is 1. The molecule has 0 fully saturated rings. The maximum Gasteiger partial charge on any atom is 0.230 e. The predicted molar refractivity (Wildman–Crippen MR) is 105 cm³/mol.